The Labute approximate surface area is 78.5 Å². The number of carbonyl (C=O) groups is 1. The molecule has 0 aromatic rings. The maximum absolute atomic E-state index is 11.6. The molecule has 0 saturated heterocycles. The summed E-state index contributed by atoms with van der Waals surface area (Å²) in [5, 5.41) is 0. The fourth-order valence-corrected chi connectivity index (χ4v) is 3.11. The molecule has 2 rings (SSSR count). The topological polar surface area (TPSA) is 17.1 Å². The molecule has 0 N–H and O–H groups in total. The molecule has 2 heteroatoms. The normalized spacial score (nSPS) is 42.4. The Bertz CT molecular complexity index is 200. The number of halogens is 1. The number of hydrogen-bond acceptors (Lipinski definition) is 1. The second-order valence-electron chi connectivity index (χ2n) is 4.12. The molecule has 0 aliphatic heterocycles. The molecule has 2 aliphatic carbocycles. The van der Waals surface area contributed by atoms with Crippen molar-refractivity contribution in [3.63, 3.8) is 0 Å². The molecule has 12 heavy (non-hydrogen) atoms. The highest BCUT2D eigenvalue weighted by atomic mass is 35.5. The van der Waals surface area contributed by atoms with E-state index in [1.807, 2.05) is 0 Å². The van der Waals surface area contributed by atoms with Gasteiger partial charge in [0, 0.05) is 6.42 Å². The molecular formula is C10H15ClO. The summed E-state index contributed by atoms with van der Waals surface area (Å²) in [6, 6.07) is 0. The summed E-state index contributed by atoms with van der Waals surface area (Å²) in [6.07, 6.45) is 7.48. The summed E-state index contributed by atoms with van der Waals surface area (Å²) >= 11 is 6.38. The molecule has 0 amide bonds. The van der Waals surface area contributed by atoms with E-state index < -0.39 is 4.87 Å². The Morgan fingerprint density at radius 1 is 1.25 bits per heavy atom. The van der Waals surface area contributed by atoms with E-state index >= 15 is 0 Å². The van der Waals surface area contributed by atoms with E-state index in [2.05, 4.69) is 0 Å². The van der Waals surface area contributed by atoms with Crippen molar-refractivity contribution in [1.82, 2.24) is 0 Å². The van der Waals surface area contributed by atoms with Crippen LogP contribution in [-0.2, 0) is 4.79 Å². The molecule has 2 saturated carbocycles. The number of rotatable bonds is 0. The second-order valence-corrected chi connectivity index (χ2v) is 4.80. The molecule has 2 fully saturated rings. The highest BCUT2D eigenvalue weighted by molar-refractivity contribution is 6.35. The largest absolute Gasteiger partial charge is 0.298 e. The molecule has 0 bridgehead atoms. The Balaban J connectivity index is 2.20. The van der Waals surface area contributed by atoms with Gasteiger partial charge in [-0.05, 0) is 31.6 Å². The molecular weight excluding hydrogens is 172 g/mol. The molecule has 2 aliphatic rings. The van der Waals surface area contributed by atoms with Crippen molar-refractivity contribution in [3.8, 4) is 0 Å². The van der Waals surface area contributed by atoms with Gasteiger partial charge in [0.1, 0.15) is 4.87 Å². The number of fused-ring (bicyclic) bond motifs is 1. The van der Waals surface area contributed by atoms with E-state index in [1.54, 1.807) is 0 Å². The van der Waals surface area contributed by atoms with Crippen LogP contribution in [-0.4, -0.2) is 10.7 Å². The van der Waals surface area contributed by atoms with Gasteiger partial charge in [0.15, 0.2) is 5.78 Å². The third-order valence-electron chi connectivity index (χ3n) is 3.41. The zero-order valence-electron chi connectivity index (χ0n) is 7.31. The fraction of sp³-hybridized carbons (Fsp3) is 0.900. The minimum absolute atomic E-state index is 0.320. The van der Waals surface area contributed by atoms with Gasteiger partial charge in [0.25, 0.3) is 0 Å². The van der Waals surface area contributed by atoms with Crippen molar-refractivity contribution in [2.45, 2.75) is 49.8 Å². The van der Waals surface area contributed by atoms with Gasteiger partial charge in [-0.25, -0.2) is 0 Å². The van der Waals surface area contributed by atoms with Crippen molar-refractivity contribution in [1.29, 1.82) is 0 Å². The average Bonchev–Trinajstić information content (AvgIpc) is 2.07. The van der Waals surface area contributed by atoms with Crippen LogP contribution in [0, 0.1) is 5.92 Å². The number of ketones is 1. The first kappa shape index (κ1) is 8.55. The summed E-state index contributed by atoms with van der Waals surface area (Å²) in [5.41, 5.74) is 0. The summed E-state index contributed by atoms with van der Waals surface area (Å²) in [4.78, 5) is 11.2. The first-order chi connectivity index (χ1) is 5.73. The van der Waals surface area contributed by atoms with Gasteiger partial charge < -0.3 is 0 Å². The molecule has 2 atom stereocenters. The van der Waals surface area contributed by atoms with Crippen LogP contribution in [0.25, 0.3) is 0 Å². The predicted octanol–water partition coefficient (Wildman–Crippen LogP) is 2.91. The van der Waals surface area contributed by atoms with Gasteiger partial charge in [0.05, 0.1) is 0 Å². The SMILES string of the molecule is O=C1CCC[C@@H]2CCCC[C@@]12Cl. The first-order valence-electron chi connectivity index (χ1n) is 4.96. The lowest BCUT2D eigenvalue weighted by Gasteiger charge is -2.41. The van der Waals surface area contributed by atoms with Gasteiger partial charge in [0.2, 0.25) is 0 Å². The van der Waals surface area contributed by atoms with E-state index in [1.165, 1.54) is 19.3 Å². The monoisotopic (exact) mass is 186 g/mol. The lowest BCUT2D eigenvalue weighted by atomic mass is 9.69. The molecule has 1 nitrogen and oxygen atoms in total. The highest BCUT2D eigenvalue weighted by Crippen LogP contribution is 2.46. The van der Waals surface area contributed by atoms with Gasteiger partial charge >= 0.3 is 0 Å². The fourth-order valence-electron chi connectivity index (χ4n) is 2.66. The average molecular weight is 187 g/mol. The number of Topliss-reactive ketones (excluding diaryl/α,β-unsaturated/α-hetero) is 1. The number of alkyl halides is 1. The minimum Gasteiger partial charge on any atom is -0.298 e. The highest BCUT2D eigenvalue weighted by Gasteiger charge is 2.46. The van der Waals surface area contributed by atoms with Crippen LogP contribution in [0.3, 0.4) is 0 Å². The van der Waals surface area contributed by atoms with E-state index in [-0.39, 0.29) is 0 Å². The Morgan fingerprint density at radius 3 is 2.75 bits per heavy atom. The lowest BCUT2D eigenvalue weighted by Crippen LogP contribution is -2.45. The van der Waals surface area contributed by atoms with E-state index in [9.17, 15) is 4.79 Å². The van der Waals surface area contributed by atoms with Crippen molar-refractivity contribution in [2.24, 2.45) is 5.92 Å². The summed E-state index contributed by atoms with van der Waals surface area (Å²) in [6.45, 7) is 0. The standard InChI is InChI=1S/C10H15ClO/c11-10-7-2-1-4-8(10)5-3-6-9(10)12/h8H,1-7H2/t8-,10-/m0/s1. The molecule has 68 valence electrons. The maximum atomic E-state index is 11.6. The van der Waals surface area contributed by atoms with Crippen LogP contribution in [0.4, 0.5) is 0 Å². The predicted molar refractivity (Wildman–Crippen MR) is 49.4 cm³/mol. The zero-order valence-corrected chi connectivity index (χ0v) is 8.07. The Morgan fingerprint density at radius 2 is 2.00 bits per heavy atom. The number of carbonyl (C=O) groups excluding carboxylic acids is 1. The third-order valence-corrected chi connectivity index (χ3v) is 4.12. The molecule has 0 unspecified atom stereocenters. The number of hydrogen-bond donors (Lipinski definition) is 0. The summed E-state index contributed by atoms with van der Waals surface area (Å²) in [5.74, 6) is 0.814. The van der Waals surface area contributed by atoms with Crippen molar-refractivity contribution >= 4 is 17.4 Å². The van der Waals surface area contributed by atoms with Gasteiger partial charge in [-0.1, -0.05) is 12.8 Å². The molecule has 0 aromatic carbocycles. The van der Waals surface area contributed by atoms with Crippen molar-refractivity contribution in [2.75, 3.05) is 0 Å². The van der Waals surface area contributed by atoms with Gasteiger partial charge in [-0.15, -0.1) is 11.6 Å². The van der Waals surface area contributed by atoms with Crippen LogP contribution < -0.4 is 0 Å². The molecule has 0 spiro atoms. The first-order valence-corrected chi connectivity index (χ1v) is 5.33. The van der Waals surface area contributed by atoms with Crippen LogP contribution in [0.2, 0.25) is 0 Å². The van der Waals surface area contributed by atoms with Crippen molar-refractivity contribution in [3.05, 3.63) is 0 Å². The van der Waals surface area contributed by atoms with Crippen LogP contribution in [0.1, 0.15) is 44.9 Å². The molecule has 0 radical (unpaired) electrons. The van der Waals surface area contributed by atoms with Crippen LogP contribution >= 0.6 is 11.6 Å². The van der Waals surface area contributed by atoms with Crippen LogP contribution in [0.5, 0.6) is 0 Å². The van der Waals surface area contributed by atoms with Gasteiger partial charge in [-0.3, -0.25) is 4.79 Å². The van der Waals surface area contributed by atoms with E-state index in [0.29, 0.717) is 11.7 Å². The molecule has 0 heterocycles. The van der Waals surface area contributed by atoms with Crippen LogP contribution in [0.15, 0.2) is 0 Å². The Kier molecular flexibility index (Phi) is 2.16. The quantitative estimate of drug-likeness (QED) is 0.532. The summed E-state index contributed by atoms with van der Waals surface area (Å²) < 4.78 is 0. The smallest absolute Gasteiger partial charge is 0.154 e. The van der Waals surface area contributed by atoms with E-state index in [0.717, 1.165) is 25.7 Å². The van der Waals surface area contributed by atoms with Crippen molar-refractivity contribution < 1.29 is 4.79 Å². The zero-order chi connectivity index (χ0) is 8.60. The second kappa shape index (κ2) is 3.02. The maximum Gasteiger partial charge on any atom is 0.154 e. The summed E-state index contributed by atoms with van der Waals surface area (Å²) in [7, 11) is 0. The Hall–Kier alpha value is -0.0400. The van der Waals surface area contributed by atoms with E-state index in [4.69, 9.17) is 11.6 Å². The van der Waals surface area contributed by atoms with Gasteiger partial charge in [-0.2, -0.15) is 0 Å². The molecule has 0 aromatic heterocycles. The third kappa shape index (κ3) is 1.19. The lowest BCUT2D eigenvalue weighted by molar-refractivity contribution is -0.126. The minimum atomic E-state index is -0.434.